The van der Waals surface area contributed by atoms with Crippen molar-refractivity contribution in [2.75, 3.05) is 20.2 Å². The molecule has 0 radical (unpaired) electrons. The van der Waals surface area contributed by atoms with E-state index in [9.17, 15) is 0 Å². The number of methoxy groups -OCH3 is 1. The summed E-state index contributed by atoms with van der Waals surface area (Å²) < 4.78 is 5.49. The molecule has 3 nitrogen and oxygen atoms in total. The van der Waals surface area contributed by atoms with E-state index in [1.54, 1.807) is 7.11 Å². The lowest BCUT2D eigenvalue weighted by molar-refractivity contribution is 0.0520. The number of ether oxygens (including phenoxy) is 1. The van der Waals surface area contributed by atoms with E-state index in [4.69, 9.17) is 16.3 Å². The Labute approximate surface area is 133 Å². The van der Waals surface area contributed by atoms with E-state index in [2.05, 4.69) is 37.9 Å². The Morgan fingerprint density at radius 1 is 1.38 bits per heavy atom. The zero-order valence-corrected chi connectivity index (χ0v) is 14.5. The molecule has 0 aliphatic carbocycles. The van der Waals surface area contributed by atoms with Gasteiger partial charge < -0.3 is 10.1 Å². The lowest BCUT2D eigenvalue weighted by Crippen LogP contribution is -2.59. The van der Waals surface area contributed by atoms with Gasteiger partial charge in [-0.3, -0.25) is 4.90 Å². The molecule has 1 N–H and O–H groups in total. The van der Waals surface area contributed by atoms with Crippen molar-refractivity contribution in [3.8, 4) is 5.75 Å². The third kappa shape index (κ3) is 4.12. The van der Waals surface area contributed by atoms with Gasteiger partial charge in [0.2, 0.25) is 0 Å². The standard InChI is InChI=1S/C17H27ClN2O/c1-12-10-20(16(9-19-12)17(2,3)4)11-13-8-14(18)6-7-15(13)21-5/h6-8,12,16,19H,9-11H2,1-5H3. The lowest BCUT2D eigenvalue weighted by Gasteiger charge is -2.46. The fourth-order valence-electron chi connectivity index (χ4n) is 3.10. The van der Waals surface area contributed by atoms with Crippen molar-refractivity contribution in [3.63, 3.8) is 0 Å². The van der Waals surface area contributed by atoms with Gasteiger partial charge in [-0.15, -0.1) is 0 Å². The van der Waals surface area contributed by atoms with Crippen LogP contribution in [0.2, 0.25) is 5.02 Å². The molecule has 0 bridgehead atoms. The molecular weight excluding hydrogens is 284 g/mol. The van der Waals surface area contributed by atoms with Gasteiger partial charge in [0.1, 0.15) is 5.75 Å². The number of nitrogens with one attached hydrogen (secondary N) is 1. The molecule has 2 atom stereocenters. The van der Waals surface area contributed by atoms with Crippen LogP contribution in [0.3, 0.4) is 0 Å². The minimum atomic E-state index is 0.235. The quantitative estimate of drug-likeness (QED) is 0.924. The third-order valence-corrected chi connectivity index (χ3v) is 4.46. The number of piperazine rings is 1. The van der Waals surface area contributed by atoms with Crippen LogP contribution in [0.15, 0.2) is 18.2 Å². The summed E-state index contributed by atoms with van der Waals surface area (Å²) in [4.78, 5) is 2.55. The summed E-state index contributed by atoms with van der Waals surface area (Å²) in [6, 6.07) is 6.86. The summed E-state index contributed by atoms with van der Waals surface area (Å²) in [5.41, 5.74) is 1.40. The minimum Gasteiger partial charge on any atom is -0.496 e. The minimum absolute atomic E-state index is 0.235. The van der Waals surface area contributed by atoms with Crippen LogP contribution in [0, 0.1) is 5.41 Å². The molecule has 0 spiro atoms. The highest BCUT2D eigenvalue weighted by atomic mass is 35.5. The molecule has 2 rings (SSSR count). The fraction of sp³-hybridized carbons (Fsp3) is 0.647. The van der Waals surface area contributed by atoms with E-state index < -0.39 is 0 Å². The highest BCUT2D eigenvalue weighted by Crippen LogP contribution is 2.30. The first kappa shape index (κ1) is 16.6. The van der Waals surface area contributed by atoms with Crippen molar-refractivity contribution in [1.29, 1.82) is 0 Å². The van der Waals surface area contributed by atoms with Crippen LogP contribution in [0.25, 0.3) is 0 Å². The van der Waals surface area contributed by atoms with Gasteiger partial charge in [0.15, 0.2) is 0 Å². The monoisotopic (exact) mass is 310 g/mol. The van der Waals surface area contributed by atoms with E-state index in [0.29, 0.717) is 12.1 Å². The van der Waals surface area contributed by atoms with Gasteiger partial charge in [-0.2, -0.15) is 0 Å². The predicted octanol–water partition coefficient (Wildman–Crippen LogP) is 3.56. The Morgan fingerprint density at radius 2 is 2.10 bits per heavy atom. The molecule has 118 valence electrons. The normalized spacial score (nSPS) is 24.1. The molecule has 1 aromatic carbocycles. The molecule has 0 saturated carbocycles. The second-order valence-corrected chi connectivity index (χ2v) is 7.51. The Balaban J connectivity index is 2.24. The van der Waals surface area contributed by atoms with Crippen LogP contribution in [0.5, 0.6) is 5.75 Å². The Kier molecular flexibility index (Phi) is 5.18. The van der Waals surface area contributed by atoms with Crippen molar-refractivity contribution >= 4 is 11.6 Å². The van der Waals surface area contributed by atoms with Crippen LogP contribution < -0.4 is 10.1 Å². The molecule has 21 heavy (non-hydrogen) atoms. The Morgan fingerprint density at radius 3 is 2.71 bits per heavy atom. The zero-order chi connectivity index (χ0) is 15.6. The van der Waals surface area contributed by atoms with Gasteiger partial charge in [0.25, 0.3) is 0 Å². The zero-order valence-electron chi connectivity index (χ0n) is 13.7. The van der Waals surface area contributed by atoms with E-state index in [1.807, 2.05) is 18.2 Å². The first-order chi connectivity index (χ1) is 9.81. The van der Waals surface area contributed by atoms with Crippen LogP contribution in [-0.4, -0.2) is 37.2 Å². The molecule has 1 aliphatic rings. The van der Waals surface area contributed by atoms with Gasteiger partial charge in [-0.25, -0.2) is 0 Å². The maximum atomic E-state index is 6.16. The van der Waals surface area contributed by atoms with Crippen LogP contribution in [0.1, 0.15) is 33.3 Å². The summed E-state index contributed by atoms with van der Waals surface area (Å²) in [5.74, 6) is 0.915. The average molecular weight is 311 g/mol. The maximum Gasteiger partial charge on any atom is 0.123 e. The van der Waals surface area contributed by atoms with Crippen molar-refractivity contribution in [3.05, 3.63) is 28.8 Å². The van der Waals surface area contributed by atoms with Crippen molar-refractivity contribution in [2.45, 2.75) is 46.3 Å². The largest absolute Gasteiger partial charge is 0.496 e. The van der Waals surface area contributed by atoms with Gasteiger partial charge in [0, 0.05) is 42.3 Å². The lowest BCUT2D eigenvalue weighted by atomic mass is 9.83. The number of halogens is 1. The molecule has 4 heteroatoms. The number of rotatable bonds is 3. The summed E-state index contributed by atoms with van der Waals surface area (Å²) in [7, 11) is 1.72. The highest BCUT2D eigenvalue weighted by Gasteiger charge is 2.34. The molecule has 1 heterocycles. The van der Waals surface area contributed by atoms with Crippen LogP contribution >= 0.6 is 11.6 Å². The summed E-state index contributed by atoms with van der Waals surface area (Å²) in [6.07, 6.45) is 0. The topological polar surface area (TPSA) is 24.5 Å². The number of nitrogens with zero attached hydrogens (tertiary/aromatic N) is 1. The average Bonchev–Trinajstić information content (AvgIpc) is 2.37. The van der Waals surface area contributed by atoms with Gasteiger partial charge >= 0.3 is 0 Å². The molecular formula is C17H27ClN2O. The molecule has 1 aromatic rings. The molecule has 0 amide bonds. The fourth-order valence-corrected chi connectivity index (χ4v) is 3.30. The van der Waals surface area contributed by atoms with E-state index in [-0.39, 0.29) is 5.41 Å². The van der Waals surface area contributed by atoms with Crippen LogP contribution in [-0.2, 0) is 6.54 Å². The van der Waals surface area contributed by atoms with Gasteiger partial charge in [-0.1, -0.05) is 32.4 Å². The summed E-state index contributed by atoms with van der Waals surface area (Å²) in [6.45, 7) is 12.1. The Bertz CT molecular complexity index is 484. The third-order valence-electron chi connectivity index (χ3n) is 4.22. The molecule has 1 saturated heterocycles. The Hall–Kier alpha value is -0.770. The SMILES string of the molecule is COc1ccc(Cl)cc1CN1CC(C)NCC1C(C)(C)C. The van der Waals surface area contributed by atoms with Crippen molar-refractivity contribution in [2.24, 2.45) is 5.41 Å². The maximum absolute atomic E-state index is 6.16. The van der Waals surface area contributed by atoms with E-state index in [1.165, 1.54) is 0 Å². The first-order valence-corrected chi connectivity index (χ1v) is 7.99. The molecule has 1 fully saturated rings. The van der Waals surface area contributed by atoms with Crippen molar-refractivity contribution < 1.29 is 4.74 Å². The number of benzene rings is 1. The van der Waals surface area contributed by atoms with E-state index in [0.717, 1.165) is 36.0 Å². The number of hydrogen-bond donors (Lipinski definition) is 1. The first-order valence-electron chi connectivity index (χ1n) is 7.61. The second-order valence-electron chi connectivity index (χ2n) is 7.08. The van der Waals surface area contributed by atoms with Gasteiger partial charge in [0.05, 0.1) is 7.11 Å². The van der Waals surface area contributed by atoms with E-state index >= 15 is 0 Å². The predicted molar refractivity (Wildman–Crippen MR) is 89.1 cm³/mol. The highest BCUT2D eigenvalue weighted by molar-refractivity contribution is 6.30. The second kappa shape index (κ2) is 6.55. The van der Waals surface area contributed by atoms with Crippen LogP contribution in [0.4, 0.5) is 0 Å². The smallest absolute Gasteiger partial charge is 0.123 e. The summed E-state index contributed by atoms with van der Waals surface area (Å²) >= 11 is 6.16. The molecule has 1 aliphatic heterocycles. The van der Waals surface area contributed by atoms with Crippen molar-refractivity contribution in [1.82, 2.24) is 10.2 Å². The molecule has 2 unspecified atom stereocenters. The molecule has 0 aromatic heterocycles. The summed E-state index contributed by atoms with van der Waals surface area (Å²) in [5, 5.41) is 4.36. The van der Waals surface area contributed by atoms with Gasteiger partial charge in [-0.05, 0) is 30.5 Å². The number of hydrogen-bond acceptors (Lipinski definition) is 3.